The number of halogens is 1. The molecular weight excluding hydrogens is 450 g/mol. The van der Waals surface area contributed by atoms with Gasteiger partial charge in [0, 0.05) is 29.9 Å². The largest absolute Gasteiger partial charge is 0.382 e. The van der Waals surface area contributed by atoms with E-state index < -0.39 is 0 Å². The number of pyridine rings is 2. The van der Waals surface area contributed by atoms with Crippen molar-refractivity contribution in [2.24, 2.45) is 0 Å². The van der Waals surface area contributed by atoms with Gasteiger partial charge in [-0.3, -0.25) is 14.6 Å². The fourth-order valence-corrected chi connectivity index (χ4v) is 4.00. The lowest BCUT2D eigenvalue weighted by Gasteiger charge is -2.32. The quantitative estimate of drug-likeness (QED) is 0.532. The second-order valence-corrected chi connectivity index (χ2v) is 8.03. The molecule has 30 heavy (non-hydrogen) atoms. The standard InChI is InChI=1S/C20H20BrN7O2/c21-12-10-23-9-11-5-6-15(24-18(11)12)19(29)25-13-3-1-2-4-14(13)26-20(30)16-7-8-17(22)28-27-16/h5-10,13-14H,1-4H2,(H2,22,28)(H,25,29)(H,26,30)/t13-,14-/m1/s1. The summed E-state index contributed by atoms with van der Waals surface area (Å²) in [7, 11) is 0. The summed E-state index contributed by atoms with van der Waals surface area (Å²) >= 11 is 3.42. The first kappa shape index (κ1) is 20.1. The summed E-state index contributed by atoms with van der Waals surface area (Å²) in [5.41, 5.74) is 6.70. The molecule has 3 aromatic rings. The Morgan fingerprint density at radius 3 is 2.27 bits per heavy atom. The maximum Gasteiger partial charge on any atom is 0.272 e. The molecule has 0 aromatic carbocycles. The number of fused-ring (bicyclic) bond motifs is 1. The summed E-state index contributed by atoms with van der Waals surface area (Å²) < 4.78 is 0.724. The summed E-state index contributed by atoms with van der Waals surface area (Å²) in [5.74, 6) is -0.368. The SMILES string of the molecule is Nc1ccc(C(=O)N[C@@H]2CCCC[C@H]2NC(=O)c2ccc3cncc(Br)c3n2)nn1. The fraction of sp³-hybridized carbons (Fsp3) is 0.300. The lowest BCUT2D eigenvalue weighted by molar-refractivity contribution is 0.0857. The molecule has 1 saturated carbocycles. The number of rotatable bonds is 4. The number of nitrogen functional groups attached to an aromatic ring is 1. The van der Waals surface area contributed by atoms with Crippen molar-refractivity contribution in [1.82, 2.24) is 30.8 Å². The van der Waals surface area contributed by atoms with Gasteiger partial charge >= 0.3 is 0 Å². The van der Waals surface area contributed by atoms with E-state index >= 15 is 0 Å². The van der Waals surface area contributed by atoms with Crippen LogP contribution in [0.15, 0.2) is 41.1 Å². The van der Waals surface area contributed by atoms with Crippen molar-refractivity contribution in [3.8, 4) is 0 Å². The average Bonchev–Trinajstić information content (AvgIpc) is 2.75. The molecule has 0 radical (unpaired) electrons. The molecule has 0 bridgehead atoms. The highest BCUT2D eigenvalue weighted by atomic mass is 79.9. The number of nitrogens with one attached hydrogen (secondary N) is 2. The molecular formula is C20H20BrN7O2. The first-order valence-corrected chi connectivity index (χ1v) is 10.4. The van der Waals surface area contributed by atoms with Crippen LogP contribution in [-0.4, -0.2) is 44.1 Å². The van der Waals surface area contributed by atoms with Crippen LogP contribution < -0.4 is 16.4 Å². The van der Waals surface area contributed by atoms with Gasteiger partial charge in [0.15, 0.2) is 5.69 Å². The van der Waals surface area contributed by atoms with Crippen LogP contribution in [0.5, 0.6) is 0 Å². The monoisotopic (exact) mass is 469 g/mol. The van der Waals surface area contributed by atoms with E-state index in [1.54, 1.807) is 18.5 Å². The Labute approximate surface area is 181 Å². The van der Waals surface area contributed by atoms with E-state index in [-0.39, 0.29) is 35.4 Å². The van der Waals surface area contributed by atoms with Crippen molar-refractivity contribution >= 4 is 44.5 Å². The topological polar surface area (TPSA) is 136 Å². The van der Waals surface area contributed by atoms with Crippen molar-refractivity contribution in [1.29, 1.82) is 0 Å². The molecule has 4 rings (SSSR count). The second kappa shape index (κ2) is 8.70. The fourth-order valence-electron chi connectivity index (χ4n) is 3.56. The van der Waals surface area contributed by atoms with Crippen molar-refractivity contribution in [2.75, 3.05) is 5.73 Å². The van der Waals surface area contributed by atoms with Crippen LogP contribution in [0.4, 0.5) is 5.82 Å². The summed E-state index contributed by atoms with van der Waals surface area (Å²) in [6, 6.07) is 6.14. The Morgan fingerprint density at radius 1 is 0.933 bits per heavy atom. The molecule has 0 aliphatic heterocycles. The van der Waals surface area contributed by atoms with Gasteiger partial charge in [-0.25, -0.2) is 4.98 Å². The van der Waals surface area contributed by atoms with Gasteiger partial charge in [0.05, 0.1) is 9.99 Å². The Bertz CT molecular complexity index is 1090. The summed E-state index contributed by atoms with van der Waals surface area (Å²) in [6.07, 6.45) is 6.82. The van der Waals surface area contributed by atoms with E-state index in [9.17, 15) is 9.59 Å². The number of carbonyl (C=O) groups is 2. The van der Waals surface area contributed by atoms with Crippen molar-refractivity contribution in [2.45, 2.75) is 37.8 Å². The molecule has 0 unspecified atom stereocenters. The highest BCUT2D eigenvalue weighted by Gasteiger charge is 2.29. The zero-order valence-corrected chi connectivity index (χ0v) is 17.6. The Hall–Kier alpha value is -3.14. The maximum absolute atomic E-state index is 12.9. The molecule has 3 aromatic heterocycles. The molecule has 0 spiro atoms. The molecule has 3 heterocycles. The number of nitrogens with two attached hydrogens (primary N) is 1. The normalized spacial score (nSPS) is 18.7. The van der Waals surface area contributed by atoms with Gasteiger partial charge in [-0.15, -0.1) is 10.2 Å². The summed E-state index contributed by atoms with van der Waals surface area (Å²) in [4.78, 5) is 33.9. The van der Waals surface area contributed by atoms with Crippen LogP contribution in [0.2, 0.25) is 0 Å². The molecule has 1 aliphatic carbocycles. The number of amides is 2. The third-order valence-corrected chi connectivity index (χ3v) is 5.68. The Morgan fingerprint density at radius 2 is 1.60 bits per heavy atom. The number of aromatic nitrogens is 4. The van der Waals surface area contributed by atoms with E-state index in [2.05, 4.69) is 46.7 Å². The highest BCUT2D eigenvalue weighted by Crippen LogP contribution is 2.22. The number of hydrogen-bond acceptors (Lipinski definition) is 7. The predicted molar refractivity (Wildman–Crippen MR) is 115 cm³/mol. The number of hydrogen-bond donors (Lipinski definition) is 3. The molecule has 2 atom stereocenters. The summed E-state index contributed by atoms with van der Waals surface area (Å²) in [5, 5.41) is 14.4. The third kappa shape index (κ3) is 4.38. The van der Waals surface area contributed by atoms with Crippen LogP contribution in [0.3, 0.4) is 0 Å². The maximum atomic E-state index is 12.9. The summed E-state index contributed by atoms with van der Waals surface area (Å²) in [6.45, 7) is 0. The first-order valence-electron chi connectivity index (χ1n) is 9.62. The van der Waals surface area contributed by atoms with Gasteiger partial charge in [-0.2, -0.15) is 0 Å². The lowest BCUT2D eigenvalue weighted by atomic mass is 9.90. The zero-order valence-electron chi connectivity index (χ0n) is 16.0. The van der Waals surface area contributed by atoms with Crippen molar-refractivity contribution in [3.05, 3.63) is 52.5 Å². The zero-order chi connectivity index (χ0) is 21.1. The van der Waals surface area contributed by atoms with Gasteiger partial charge < -0.3 is 16.4 Å². The van der Waals surface area contributed by atoms with Crippen molar-refractivity contribution < 1.29 is 9.59 Å². The smallest absolute Gasteiger partial charge is 0.272 e. The first-order chi connectivity index (χ1) is 14.5. The molecule has 10 heteroatoms. The van der Waals surface area contributed by atoms with Gasteiger partial charge in [0.25, 0.3) is 11.8 Å². The van der Waals surface area contributed by atoms with E-state index in [1.165, 1.54) is 12.1 Å². The Kier molecular flexibility index (Phi) is 5.84. The number of carbonyl (C=O) groups excluding carboxylic acids is 2. The van der Waals surface area contributed by atoms with E-state index in [0.29, 0.717) is 11.2 Å². The minimum atomic E-state index is -0.339. The molecule has 1 fully saturated rings. The van der Waals surface area contributed by atoms with Crippen LogP contribution >= 0.6 is 15.9 Å². The molecule has 154 valence electrons. The van der Waals surface area contributed by atoms with E-state index in [0.717, 1.165) is 35.5 Å². The van der Waals surface area contributed by atoms with Gasteiger partial charge in [0.2, 0.25) is 0 Å². The molecule has 1 aliphatic rings. The minimum absolute atomic E-state index is 0.189. The van der Waals surface area contributed by atoms with Gasteiger partial charge in [-0.1, -0.05) is 12.8 Å². The van der Waals surface area contributed by atoms with Crippen LogP contribution in [-0.2, 0) is 0 Å². The number of nitrogens with zero attached hydrogens (tertiary/aromatic N) is 4. The van der Waals surface area contributed by atoms with E-state index in [1.807, 2.05) is 6.07 Å². The van der Waals surface area contributed by atoms with E-state index in [4.69, 9.17) is 5.73 Å². The third-order valence-electron chi connectivity index (χ3n) is 5.10. The molecule has 2 amide bonds. The van der Waals surface area contributed by atoms with Crippen molar-refractivity contribution in [3.63, 3.8) is 0 Å². The van der Waals surface area contributed by atoms with Gasteiger partial charge in [0.1, 0.15) is 11.5 Å². The molecule has 0 saturated heterocycles. The minimum Gasteiger partial charge on any atom is -0.382 e. The Balaban J connectivity index is 1.47. The van der Waals surface area contributed by atoms with Gasteiger partial charge in [-0.05, 0) is 53.0 Å². The number of anilines is 1. The average molecular weight is 470 g/mol. The lowest BCUT2D eigenvalue weighted by Crippen LogP contribution is -2.53. The molecule has 4 N–H and O–H groups in total. The molecule has 9 nitrogen and oxygen atoms in total. The van der Waals surface area contributed by atoms with Crippen LogP contribution in [0.1, 0.15) is 46.7 Å². The highest BCUT2D eigenvalue weighted by molar-refractivity contribution is 9.10. The predicted octanol–water partition coefficient (Wildman–Crippen LogP) is 2.24. The van der Waals surface area contributed by atoms with Crippen LogP contribution in [0, 0.1) is 0 Å². The second-order valence-electron chi connectivity index (χ2n) is 7.18. The van der Waals surface area contributed by atoms with Crippen LogP contribution in [0.25, 0.3) is 10.9 Å².